The van der Waals surface area contributed by atoms with Gasteiger partial charge >= 0.3 is 0 Å². The van der Waals surface area contributed by atoms with Gasteiger partial charge in [0, 0.05) is 18.6 Å². The topological polar surface area (TPSA) is 73.1 Å². The maximum absolute atomic E-state index is 12.5. The lowest BCUT2D eigenvalue weighted by molar-refractivity contribution is -0.126. The molecule has 0 spiro atoms. The predicted octanol–water partition coefficient (Wildman–Crippen LogP) is 1.89. The van der Waals surface area contributed by atoms with Crippen molar-refractivity contribution in [3.8, 4) is 6.07 Å². The second-order valence-corrected chi connectivity index (χ2v) is 5.96. The number of nitrogens with zero attached hydrogens (tertiary/aromatic N) is 1. The number of nitriles is 1. The summed E-state index contributed by atoms with van der Waals surface area (Å²) in [4.78, 5) is 12.5. The summed E-state index contributed by atoms with van der Waals surface area (Å²) in [5.74, 6) is 0.0474. The lowest BCUT2D eigenvalue weighted by atomic mass is 9.82. The van der Waals surface area contributed by atoms with E-state index in [-0.39, 0.29) is 24.5 Å². The van der Waals surface area contributed by atoms with Crippen LogP contribution in [0.25, 0.3) is 0 Å². The molecule has 0 aromatic heterocycles. The number of hydrogen-bond donors (Lipinski definition) is 2. The molecule has 2 N–H and O–H groups in total. The average Bonchev–Trinajstić information content (AvgIpc) is 2.94. The minimum atomic E-state index is -0.710. The van der Waals surface area contributed by atoms with Crippen LogP contribution in [0.3, 0.4) is 0 Å². The van der Waals surface area contributed by atoms with Gasteiger partial charge in [-0.2, -0.15) is 5.26 Å². The number of carbonyl (C=O) groups is 1. The number of hydrogen-bond acceptors (Lipinski definition) is 3. The molecule has 0 fully saturated rings. The van der Waals surface area contributed by atoms with Crippen molar-refractivity contribution in [3.05, 3.63) is 47.5 Å². The van der Waals surface area contributed by atoms with Crippen LogP contribution in [0.5, 0.6) is 0 Å². The second kappa shape index (κ2) is 6.11. The molecule has 110 valence electrons. The van der Waals surface area contributed by atoms with Crippen LogP contribution in [0.2, 0.25) is 0 Å². The largest absolute Gasteiger partial charge is 0.396 e. The number of carbonyl (C=O) groups excluding carboxylic acids is 1. The fourth-order valence-electron chi connectivity index (χ4n) is 2.47. The summed E-state index contributed by atoms with van der Waals surface area (Å²) in [5.41, 5.74) is 0.659. The third kappa shape index (κ3) is 3.32. The van der Waals surface area contributed by atoms with Crippen LogP contribution >= 0.6 is 0 Å². The number of benzene rings is 1. The standard InChI is InChI=1S/C17H20N2O2/c1-17(2,14-5-3-4-12(8-14)10-18)16(21)19-15-7-6-13(9-15)11-20/h3-8,13,15,20H,9,11H2,1-2H3,(H,19,21)/t13-,15+/m0/s1. The molecule has 0 radical (unpaired) electrons. The zero-order chi connectivity index (χ0) is 15.5. The molecular formula is C17H20N2O2. The monoisotopic (exact) mass is 284 g/mol. The molecule has 0 saturated carbocycles. The first kappa shape index (κ1) is 15.3. The van der Waals surface area contributed by atoms with Crippen LogP contribution in [0.15, 0.2) is 36.4 Å². The highest BCUT2D eigenvalue weighted by Crippen LogP contribution is 2.25. The lowest BCUT2D eigenvalue weighted by Gasteiger charge is -2.26. The molecule has 1 aromatic carbocycles. The van der Waals surface area contributed by atoms with Crippen LogP contribution in [0.4, 0.5) is 0 Å². The Morgan fingerprint density at radius 1 is 1.48 bits per heavy atom. The van der Waals surface area contributed by atoms with Crippen molar-refractivity contribution in [1.29, 1.82) is 5.26 Å². The van der Waals surface area contributed by atoms with E-state index >= 15 is 0 Å². The van der Waals surface area contributed by atoms with E-state index in [2.05, 4.69) is 11.4 Å². The fourth-order valence-corrected chi connectivity index (χ4v) is 2.47. The van der Waals surface area contributed by atoms with Gasteiger partial charge in [-0.05, 0) is 38.0 Å². The molecule has 2 rings (SSSR count). The van der Waals surface area contributed by atoms with Gasteiger partial charge in [-0.15, -0.1) is 0 Å². The number of aliphatic hydroxyl groups is 1. The Bertz CT molecular complexity index is 599. The highest BCUT2D eigenvalue weighted by molar-refractivity contribution is 5.87. The number of rotatable bonds is 4. The van der Waals surface area contributed by atoms with Gasteiger partial charge in [-0.1, -0.05) is 24.3 Å². The molecule has 0 bridgehead atoms. The summed E-state index contributed by atoms with van der Waals surface area (Å²) in [6.45, 7) is 3.80. The maximum atomic E-state index is 12.5. The quantitative estimate of drug-likeness (QED) is 0.829. The van der Waals surface area contributed by atoms with Crippen LogP contribution in [-0.4, -0.2) is 23.7 Å². The molecule has 0 heterocycles. The summed E-state index contributed by atoms with van der Waals surface area (Å²) in [6, 6.07) is 9.19. The van der Waals surface area contributed by atoms with Gasteiger partial charge < -0.3 is 10.4 Å². The Morgan fingerprint density at radius 2 is 2.24 bits per heavy atom. The molecule has 4 nitrogen and oxygen atoms in total. The fraction of sp³-hybridized carbons (Fsp3) is 0.412. The molecule has 1 aromatic rings. The Hall–Kier alpha value is -2.12. The molecular weight excluding hydrogens is 264 g/mol. The zero-order valence-corrected chi connectivity index (χ0v) is 12.3. The van der Waals surface area contributed by atoms with E-state index in [1.165, 1.54) is 0 Å². The maximum Gasteiger partial charge on any atom is 0.230 e. The van der Waals surface area contributed by atoms with E-state index in [9.17, 15) is 4.79 Å². The summed E-state index contributed by atoms with van der Waals surface area (Å²) in [6.07, 6.45) is 4.60. The molecule has 0 unspecified atom stereocenters. The van der Waals surface area contributed by atoms with Crippen molar-refractivity contribution in [2.45, 2.75) is 31.7 Å². The molecule has 1 aliphatic carbocycles. The van der Waals surface area contributed by atoms with Gasteiger partial charge in [0.1, 0.15) is 0 Å². The molecule has 0 aliphatic heterocycles. The van der Waals surface area contributed by atoms with E-state index in [1.54, 1.807) is 18.2 Å². The molecule has 2 atom stereocenters. The predicted molar refractivity (Wildman–Crippen MR) is 80.4 cm³/mol. The lowest BCUT2D eigenvalue weighted by Crippen LogP contribution is -2.44. The van der Waals surface area contributed by atoms with E-state index in [0.717, 1.165) is 12.0 Å². The van der Waals surface area contributed by atoms with Crippen molar-refractivity contribution in [2.75, 3.05) is 6.61 Å². The van der Waals surface area contributed by atoms with E-state index in [0.29, 0.717) is 5.56 Å². The Morgan fingerprint density at radius 3 is 2.86 bits per heavy atom. The summed E-state index contributed by atoms with van der Waals surface area (Å²) >= 11 is 0. The van der Waals surface area contributed by atoms with Crippen molar-refractivity contribution in [3.63, 3.8) is 0 Å². The van der Waals surface area contributed by atoms with Gasteiger partial charge in [0.05, 0.1) is 17.0 Å². The normalized spacial score (nSPS) is 21.0. The number of nitrogens with one attached hydrogen (secondary N) is 1. The van der Waals surface area contributed by atoms with Gasteiger partial charge in [-0.25, -0.2) is 0 Å². The summed E-state index contributed by atoms with van der Waals surface area (Å²) in [5, 5.41) is 21.1. The third-order valence-electron chi connectivity index (χ3n) is 4.00. The molecule has 4 heteroatoms. The van der Waals surface area contributed by atoms with Gasteiger partial charge in [0.25, 0.3) is 0 Å². The number of aliphatic hydroxyl groups excluding tert-OH is 1. The average molecular weight is 284 g/mol. The van der Waals surface area contributed by atoms with Gasteiger partial charge in [0.2, 0.25) is 5.91 Å². The highest BCUT2D eigenvalue weighted by atomic mass is 16.3. The zero-order valence-electron chi connectivity index (χ0n) is 12.3. The second-order valence-electron chi connectivity index (χ2n) is 5.96. The SMILES string of the molecule is CC(C)(C(=O)N[C@@H]1C=C[C@H](CO)C1)c1cccc(C#N)c1. The van der Waals surface area contributed by atoms with Crippen LogP contribution < -0.4 is 5.32 Å². The third-order valence-corrected chi connectivity index (χ3v) is 4.00. The van der Waals surface area contributed by atoms with E-state index in [1.807, 2.05) is 32.1 Å². The molecule has 0 saturated heterocycles. The first-order chi connectivity index (χ1) is 9.97. The summed E-state index contributed by atoms with van der Waals surface area (Å²) in [7, 11) is 0. The van der Waals surface area contributed by atoms with Crippen LogP contribution in [-0.2, 0) is 10.2 Å². The van der Waals surface area contributed by atoms with Crippen molar-refractivity contribution < 1.29 is 9.90 Å². The molecule has 21 heavy (non-hydrogen) atoms. The molecule has 1 aliphatic rings. The van der Waals surface area contributed by atoms with Crippen LogP contribution in [0.1, 0.15) is 31.4 Å². The van der Waals surface area contributed by atoms with Gasteiger partial charge in [-0.3, -0.25) is 4.79 Å². The minimum absolute atomic E-state index is 0.0342. The van der Waals surface area contributed by atoms with Crippen molar-refractivity contribution in [1.82, 2.24) is 5.32 Å². The first-order valence-corrected chi connectivity index (χ1v) is 7.08. The van der Waals surface area contributed by atoms with Crippen LogP contribution in [0, 0.1) is 17.2 Å². The first-order valence-electron chi connectivity index (χ1n) is 7.08. The van der Waals surface area contributed by atoms with Crippen molar-refractivity contribution >= 4 is 5.91 Å². The smallest absolute Gasteiger partial charge is 0.230 e. The highest BCUT2D eigenvalue weighted by Gasteiger charge is 2.32. The van der Waals surface area contributed by atoms with Gasteiger partial charge in [0.15, 0.2) is 0 Å². The molecule has 1 amide bonds. The van der Waals surface area contributed by atoms with Crippen molar-refractivity contribution in [2.24, 2.45) is 5.92 Å². The Labute approximate surface area is 125 Å². The Balaban J connectivity index is 2.10. The van der Waals surface area contributed by atoms with E-state index < -0.39 is 5.41 Å². The van der Waals surface area contributed by atoms with E-state index in [4.69, 9.17) is 10.4 Å². The summed E-state index contributed by atoms with van der Waals surface area (Å²) < 4.78 is 0. The minimum Gasteiger partial charge on any atom is -0.396 e. The Kier molecular flexibility index (Phi) is 4.44. The number of amides is 1.